The van der Waals surface area contributed by atoms with Crippen molar-refractivity contribution in [3.8, 4) is 11.4 Å². The standard InChI is InChI=1S/C22H21N5O5S/c1-3-30-18-8-6-5-7-17(18)27-21(24-25-26-27)33-13-14-11-20(28)32-19-12-15(9-10-16(14)19)23-22(29)31-4-2/h5-12H,3-4,13H2,1-2H3,(H,23,29). The Morgan fingerprint density at radius 3 is 2.82 bits per heavy atom. The summed E-state index contributed by atoms with van der Waals surface area (Å²) in [5.74, 6) is 1.09. The molecule has 0 spiro atoms. The van der Waals surface area contributed by atoms with Gasteiger partial charge in [0.05, 0.1) is 13.2 Å². The largest absolute Gasteiger partial charge is 0.492 e. The minimum absolute atomic E-state index is 0.254. The van der Waals surface area contributed by atoms with Gasteiger partial charge in [-0.1, -0.05) is 23.9 Å². The van der Waals surface area contributed by atoms with Crippen LogP contribution in [0.1, 0.15) is 19.4 Å². The van der Waals surface area contributed by atoms with E-state index in [0.29, 0.717) is 34.5 Å². The normalized spacial score (nSPS) is 10.8. The SMILES string of the molecule is CCOC(=O)Nc1ccc2c(CSc3nnnn3-c3ccccc3OCC)cc(=O)oc2c1. The first-order valence-corrected chi connectivity index (χ1v) is 11.2. The molecule has 10 nitrogen and oxygen atoms in total. The lowest BCUT2D eigenvalue weighted by atomic mass is 10.1. The fourth-order valence-electron chi connectivity index (χ4n) is 3.18. The van der Waals surface area contributed by atoms with E-state index in [4.69, 9.17) is 13.9 Å². The maximum atomic E-state index is 12.2. The van der Waals surface area contributed by atoms with Gasteiger partial charge < -0.3 is 13.9 Å². The Bertz CT molecular complexity index is 1340. The van der Waals surface area contributed by atoms with Crippen molar-refractivity contribution in [2.45, 2.75) is 24.8 Å². The Labute approximate surface area is 192 Å². The zero-order valence-electron chi connectivity index (χ0n) is 18.0. The van der Waals surface area contributed by atoms with E-state index in [1.54, 1.807) is 29.8 Å². The van der Waals surface area contributed by atoms with Gasteiger partial charge in [0, 0.05) is 29.0 Å². The first kappa shape index (κ1) is 22.3. The van der Waals surface area contributed by atoms with E-state index in [-0.39, 0.29) is 6.61 Å². The summed E-state index contributed by atoms with van der Waals surface area (Å²) in [6.07, 6.45) is -0.579. The second kappa shape index (κ2) is 10.2. The molecule has 0 radical (unpaired) electrons. The molecule has 2 heterocycles. The van der Waals surface area contributed by atoms with Crippen LogP contribution in [0.15, 0.2) is 62.9 Å². The summed E-state index contributed by atoms with van der Waals surface area (Å²) in [5, 5.41) is 15.9. The first-order chi connectivity index (χ1) is 16.1. The van der Waals surface area contributed by atoms with Gasteiger partial charge in [-0.3, -0.25) is 5.32 Å². The van der Waals surface area contributed by atoms with Crippen molar-refractivity contribution in [1.82, 2.24) is 20.2 Å². The number of hydrogen-bond acceptors (Lipinski definition) is 9. The Hall–Kier alpha value is -3.86. The monoisotopic (exact) mass is 467 g/mol. The molecule has 2 aromatic carbocycles. The maximum absolute atomic E-state index is 12.2. The lowest BCUT2D eigenvalue weighted by molar-refractivity contribution is 0.168. The van der Waals surface area contributed by atoms with Gasteiger partial charge in [-0.15, -0.1) is 5.10 Å². The van der Waals surface area contributed by atoms with Gasteiger partial charge in [0.25, 0.3) is 0 Å². The third-order valence-electron chi connectivity index (χ3n) is 4.54. The lowest BCUT2D eigenvalue weighted by Gasteiger charge is -2.11. The molecule has 0 aliphatic rings. The Balaban J connectivity index is 1.59. The number of para-hydroxylation sites is 2. The van der Waals surface area contributed by atoms with Crippen molar-refractivity contribution >= 4 is 34.5 Å². The molecule has 4 aromatic rings. The molecule has 0 saturated carbocycles. The zero-order valence-corrected chi connectivity index (χ0v) is 18.8. The second-order valence-corrected chi connectivity index (χ2v) is 7.65. The summed E-state index contributed by atoms with van der Waals surface area (Å²) in [4.78, 5) is 23.8. The van der Waals surface area contributed by atoms with Gasteiger partial charge in [-0.2, -0.15) is 4.68 Å². The van der Waals surface area contributed by atoms with Crippen LogP contribution in [0.3, 0.4) is 0 Å². The van der Waals surface area contributed by atoms with Crippen LogP contribution in [0.5, 0.6) is 5.75 Å². The average molecular weight is 468 g/mol. The summed E-state index contributed by atoms with van der Waals surface area (Å²) in [6.45, 7) is 4.39. The predicted octanol–water partition coefficient (Wildman–Crippen LogP) is 4.03. The van der Waals surface area contributed by atoms with E-state index < -0.39 is 11.7 Å². The third-order valence-corrected chi connectivity index (χ3v) is 5.51. The Morgan fingerprint density at radius 2 is 2.00 bits per heavy atom. The number of hydrogen-bond donors (Lipinski definition) is 1. The van der Waals surface area contributed by atoms with E-state index in [2.05, 4.69) is 20.8 Å². The van der Waals surface area contributed by atoms with Crippen molar-refractivity contribution in [2.24, 2.45) is 0 Å². The van der Waals surface area contributed by atoms with E-state index in [9.17, 15) is 9.59 Å². The maximum Gasteiger partial charge on any atom is 0.411 e. The van der Waals surface area contributed by atoms with Gasteiger partial charge in [0.2, 0.25) is 5.16 Å². The highest BCUT2D eigenvalue weighted by Crippen LogP contribution is 2.30. The smallest absolute Gasteiger partial charge is 0.411 e. The quantitative estimate of drug-likeness (QED) is 0.302. The van der Waals surface area contributed by atoms with Crippen molar-refractivity contribution in [1.29, 1.82) is 0 Å². The number of carbonyl (C=O) groups is 1. The number of benzene rings is 2. The number of rotatable bonds is 8. The van der Waals surface area contributed by atoms with Crippen molar-refractivity contribution in [2.75, 3.05) is 18.5 Å². The molecule has 0 atom stereocenters. The molecule has 1 amide bonds. The molecule has 0 aliphatic carbocycles. The molecule has 0 fully saturated rings. The van der Waals surface area contributed by atoms with Crippen LogP contribution in [0.25, 0.3) is 16.7 Å². The van der Waals surface area contributed by atoms with Gasteiger partial charge in [0.15, 0.2) is 0 Å². The average Bonchev–Trinajstić information content (AvgIpc) is 3.26. The molecule has 11 heteroatoms. The molecule has 0 aliphatic heterocycles. The van der Waals surface area contributed by atoms with E-state index >= 15 is 0 Å². The first-order valence-electron chi connectivity index (χ1n) is 10.2. The second-order valence-electron chi connectivity index (χ2n) is 6.71. The van der Waals surface area contributed by atoms with E-state index in [1.165, 1.54) is 17.8 Å². The highest BCUT2D eigenvalue weighted by atomic mass is 32.2. The Morgan fingerprint density at radius 1 is 1.15 bits per heavy atom. The number of ether oxygens (including phenoxy) is 2. The summed E-state index contributed by atoms with van der Waals surface area (Å²) < 4.78 is 17.5. The van der Waals surface area contributed by atoms with Crippen LogP contribution in [-0.2, 0) is 10.5 Å². The number of thioether (sulfide) groups is 1. The molecular weight excluding hydrogens is 446 g/mol. The summed E-state index contributed by atoms with van der Waals surface area (Å²) in [5.41, 5.74) is 1.80. The highest BCUT2D eigenvalue weighted by molar-refractivity contribution is 7.98. The molecule has 1 N–H and O–H groups in total. The number of tetrazole rings is 1. The van der Waals surface area contributed by atoms with Crippen LogP contribution in [0, 0.1) is 0 Å². The van der Waals surface area contributed by atoms with Crippen LogP contribution in [0.2, 0.25) is 0 Å². The number of aromatic nitrogens is 4. The van der Waals surface area contributed by atoms with Gasteiger partial charge in [-0.05, 0) is 54.1 Å². The summed E-state index contributed by atoms with van der Waals surface area (Å²) in [6, 6.07) is 14.0. The fraction of sp³-hybridized carbons (Fsp3) is 0.227. The lowest BCUT2D eigenvalue weighted by Crippen LogP contribution is -2.13. The van der Waals surface area contributed by atoms with Crippen molar-refractivity contribution in [3.63, 3.8) is 0 Å². The molecular formula is C22H21N5O5S. The summed E-state index contributed by atoms with van der Waals surface area (Å²) in [7, 11) is 0. The van der Waals surface area contributed by atoms with Gasteiger partial charge >= 0.3 is 11.7 Å². The van der Waals surface area contributed by atoms with Crippen LogP contribution in [0.4, 0.5) is 10.5 Å². The number of nitrogens with one attached hydrogen (secondary N) is 1. The number of anilines is 1. The molecule has 4 rings (SSSR count). The molecule has 0 bridgehead atoms. The van der Waals surface area contributed by atoms with E-state index in [1.807, 2.05) is 31.2 Å². The molecule has 2 aromatic heterocycles. The predicted molar refractivity (Wildman–Crippen MR) is 123 cm³/mol. The minimum atomic E-state index is -0.579. The number of nitrogens with zero attached hydrogens (tertiary/aromatic N) is 4. The number of amides is 1. The molecule has 170 valence electrons. The number of fused-ring (bicyclic) bond motifs is 1. The van der Waals surface area contributed by atoms with Crippen molar-refractivity contribution < 1.29 is 18.7 Å². The Kier molecular flexibility index (Phi) is 6.89. The third kappa shape index (κ3) is 5.14. The fourth-order valence-corrected chi connectivity index (χ4v) is 4.06. The van der Waals surface area contributed by atoms with Crippen LogP contribution in [-0.4, -0.2) is 39.5 Å². The van der Waals surface area contributed by atoms with Crippen molar-refractivity contribution in [3.05, 3.63) is 64.5 Å². The topological polar surface area (TPSA) is 121 Å². The van der Waals surface area contributed by atoms with Gasteiger partial charge in [-0.25, -0.2) is 9.59 Å². The minimum Gasteiger partial charge on any atom is -0.492 e. The van der Waals surface area contributed by atoms with E-state index in [0.717, 1.165) is 16.6 Å². The molecule has 0 saturated heterocycles. The van der Waals surface area contributed by atoms with Crippen LogP contribution >= 0.6 is 11.8 Å². The summed E-state index contributed by atoms with van der Waals surface area (Å²) >= 11 is 1.37. The number of carbonyl (C=O) groups excluding carboxylic acids is 1. The highest BCUT2D eigenvalue weighted by Gasteiger charge is 2.15. The van der Waals surface area contributed by atoms with Gasteiger partial charge in [0.1, 0.15) is 17.0 Å². The zero-order chi connectivity index (χ0) is 23.2. The van der Waals surface area contributed by atoms with Crippen LogP contribution < -0.4 is 15.7 Å². The molecule has 33 heavy (non-hydrogen) atoms. The molecule has 0 unspecified atom stereocenters.